The molecule has 6 nitrogen and oxygen atoms in total. The van der Waals surface area contributed by atoms with Crippen molar-refractivity contribution in [3.05, 3.63) is 151 Å². The molecule has 7 aromatic rings. The van der Waals surface area contributed by atoms with Crippen LogP contribution in [0.25, 0.3) is 33.3 Å². The third kappa shape index (κ3) is 5.29. The van der Waals surface area contributed by atoms with Crippen molar-refractivity contribution >= 4 is 54.9 Å². The molecule has 1 aromatic heterocycles. The SMILES string of the molecule is COc1ccc(-c2cc(-c3ccc(S(C)(=O)=O)cc3)nc3c(N4c5ccccc5N(c5ccccc5)c5ccccc54)ccc(C)c23)cc1. The number of pyridine rings is 1. The van der Waals surface area contributed by atoms with E-state index in [2.05, 4.69) is 120 Å². The highest BCUT2D eigenvalue weighted by Gasteiger charge is 2.31. The molecule has 0 saturated carbocycles. The van der Waals surface area contributed by atoms with Gasteiger partial charge in [-0.2, -0.15) is 0 Å². The summed E-state index contributed by atoms with van der Waals surface area (Å²) in [5.41, 5.74) is 11.8. The molecule has 240 valence electrons. The molecule has 0 aliphatic carbocycles. The maximum Gasteiger partial charge on any atom is 0.175 e. The Kier molecular flexibility index (Phi) is 7.42. The van der Waals surface area contributed by atoms with Gasteiger partial charge in [-0.3, -0.25) is 0 Å². The second-order valence-electron chi connectivity index (χ2n) is 12.2. The van der Waals surface area contributed by atoms with Crippen molar-refractivity contribution in [3.63, 3.8) is 0 Å². The quantitative estimate of drug-likeness (QED) is 0.177. The van der Waals surface area contributed by atoms with E-state index < -0.39 is 9.84 Å². The van der Waals surface area contributed by atoms with E-state index in [0.29, 0.717) is 0 Å². The number of para-hydroxylation sites is 5. The zero-order valence-electron chi connectivity index (χ0n) is 27.3. The van der Waals surface area contributed by atoms with Gasteiger partial charge < -0.3 is 14.5 Å². The lowest BCUT2D eigenvalue weighted by molar-refractivity contribution is 0.415. The molecule has 0 N–H and O–H groups in total. The summed E-state index contributed by atoms with van der Waals surface area (Å²) in [5.74, 6) is 0.778. The lowest BCUT2D eigenvalue weighted by Gasteiger charge is -2.40. The van der Waals surface area contributed by atoms with E-state index >= 15 is 0 Å². The topological polar surface area (TPSA) is 62.7 Å². The normalized spacial score (nSPS) is 12.5. The number of benzene rings is 6. The minimum atomic E-state index is -3.35. The number of ether oxygens (including phenoxy) is 1. The number of methoxy groups -OCH3 is 1. The van der Waals surface area contributed by atoms with E-state index in [-0.39, 0.29) is 4.90 Å². The molecular formula is C42H33N3O3S. The molecule has 0 atom stereocenters. The summed E-state index contributed by atoms with van der Waals surface area (Å²) in [4.78, 5) is 10.3. The molecule has 2 heterocycles. The predicted octanol–water partition coefficient (Wildman–Crippen LogP) is 10.5. The zero-order valence-corrected chi connectivity index (χ0v) is 28.1. The van der Waals surface area contributed by atoms with Crippen LogP contribution in [0, 0.1) is 6.92 Å². The molecule has 0 amide bonds. The van der Waals surface area contributed by atoms with Crippen LogP contribution in [0.2, 0.25) is 0 Å². The largest absolute Gasteiger partial charge is 0.497 e. The molecule has 0 fully saturated rings. The standard InChI is InChI=1S/C42H33N3O3S/c1-28-17-26-40(45-38-15-9-7-13-36(38)44(31-11-5-4-6-12-31)37-14-8-10-16-39(37)45)42-41(28)34(29-18-22-32(48-2)23-19-29)27-35(43-42)30-20-24-33(25-21-30)49(3,46)47/h4-27H,1-3H3. The maximum absolute atomic E-state index is 12.3. The fraction of sp³-hybridized carbons (Fsp3) is 0.0714. The van der Waals surface area contributed by atoms with E-state index in [1.54, 1.807) is 19.2 Å². The molecule has 49 heavy (non-hydrogen) atoms. The Morgan fingerprint density at radius 1 is 0.592 bits per heavy atom. The van der Waals surface area contributed by atoms with E-state index in [9.17, 15) is 8.42 Å². The summed E-state index contributed by atoms with van der Waals surface area (Å²) in [6.07, 6.45) is 1.22. The van der Waals surface area contributed by atoms with Crippen molar-refractivity contribution in [1.29, 1.82) is 0 Å². The van der Waals surface area contributed by atoms with Gasteiger partial charge in [-0.25, -0.2) is 13.4 Å². The highest BCUT2D eigenvalue weighted by molar-refractivity contribution is 7.90. The fourth-order valence-electron chi connectivity index (χ4n) is 6.75. The molecular weight excluding hydrogens is 627 g/mol. The van der Waals surface area contributed by atoms with E-state index in [0.717, 1.165) is 78.7 Å². The highest BCUT2D eigenvalue weighted by Crippen LogP contribution is 2.55. The van der Waals surface area contributed by atoms with Gasteiger partial charge in [-0.1, -0.05) is 72.8 Å². The van der Waals surface area contributed by atoms with Gasteiger partial charge in [0.1, 0.15) is 5.75 Å². The summed E-state index contributed by atoms with van der Waals surface area (Å²) < 4.78 is 30.1. The van der Waals surface area contributed by atoms with Crippen LogP contribution in [-0.4, -0.2) is 26.8 Å². The molecule has 0 bridgehead atoms. The molecule has 6 aromatic carbocycles. The van der Waals surface area contributed by atoms with Gasteiger partial charge in [0.2, 0.25) is 0 Å². The Labute approximate surface area is 286 Å². The number of nitrogens with zero attached hydrogens (tertiary/aromatic N) is 3. The first-order valence-electron chi connectivity index (χ1n) is 16.0. The number of aryl methyl sites for hydroxylation is 1. The number of fused-ring (bicyclic) bond motifs is 3. The third-order valence-corrected chi connectivity index (χ3v) is 10.2. The molecule has 1 aliphatic heterocycles. The maximum atomic E-state index is 12.3. The number of hydrogen-bond acceptors (Lipinski definition) is 6. The Hall–Kier alpha value is -5.92. The minimum Gasteiger partial charge on any atom is -0.497 e. The van der Waals surface area contributed by atoms with Gasteiger partial charge in [0.25, 0.3) is 0 Å². The molecule has 0 saturated heterocycles. The van der Waals surface area contributed by atoms with Crippen LogP contribution >= 0.6 is 0 Å². The van der Waals surface area contributed by atoms with E-state index in [1.807, 2.05) is 30.3 Å². The van der Waals surface area contributed by atoms with Gasteiger partial charge in [0.15, 0.2) is 9.84 Å². The second kappa shape index (κ2) is 12.0. The van der Waals surface area contributed by atoms with Gasteiger partial charge in [0.05, 0.1) is 51.7 Å². The van der Waals surface area contributed by atoms with Crippen LogP contribution in [0.1, 0.15) is 5.56 Å². The smallest absolute Gasteiger partial charge is 0.175 e. The van der Waals surface area contributed by atoms with Gasteiger partial charge in [-0.15, -0.1) is 0 Å². The molecule has 1 aliphatic rings. The number of anilines is 6. The van der Waals surface area contributed by atoms with Crippen molar-refractivity contribution in [2.24, 2.45) is 0 Å². The highest BCUT2D eigenvalue weighted by atomic mass is 32.2. The first kappa shape index (κ1) is 30.4. The minimum absolute atomic E-state index is 0.272. The summed E-state index contributed by atoms with van der Waals surface area (Å²) in [7, 11) is -1.68. The number of rotatable bonds is 6. The second-order valence-corrected chi connectivity index (χ2v) is 14.2. The van der Waals surface area contributed by atoms with Crippen LogP contribution in [0.15, 0.2) is 150 Å². The lowest BCUT2D eigenvalue weighted by Crippen LogP contribution is -2.24. The van der Waals surface area contributed by atoms with E-state index in [4.69, 9.17) is 9.72 Å². The van der Waals surface area contributed by atoms with Crippen molar-refractivity contribution in [2.45, 2.75) is 11.8 Å². The number of sulfone groups is 1. The molecule has 7 heteroatoms. The Balaban J connectivity index is 1.42. The summed E-state index contributed by atoms with van der Waals surface area (Å²) in [6.45, 7) is 2.12. The third-order valence-electron chi connectivity index (χ3n) is 9.11. The average Bonchev–Trinajstić information content (AvgIpc) is 3.14. The summed E-state index contributed by atoms with van der Waals surface area (Å²) in [5, 5.41) is 1.04. The van der Waals surface area contributed by atoms with Crippen LogP contribution in [0.4, 0.5) is 34.1 Å². The van der Waals surface area contributed by atoms with Gasteiger partial charge in [-0.05, 0) is 96.4 Å². The molecule has 8 rings (SSSR count). The Morgan fingerprint density at radius 3 is 1.71 bits per heavy atom. The van der Waals surface area contributed by atoms with Crippen LogP contribution in [-0.2, 0) is 9.84 Å². The van der Waals surface area contributed by atoms with E-state index in [1.165, 1.54) is 6.26 Å². The van der Waals surface area contributed by atoms with Crippen LogP contribution < -0.4 is 14.5 Å². The first-order valence-corrected chi connectivity index (χ1v) is 17.9. The zero-order chi connectivity index (χ0) is 33.7. The predicted molar refractivity (Wildman–Crippen MR) is 200 cm³/mol. The molecule has 0 spiro atoms. The monoisotopic (exact) mass is 659 g/mol. The van der Waals surface area contributed by atoms with Crippen LogP contribution in [0.3, 0.4) is 0 Å². The van der Waals surface area contributed by atoms with Gasteiger partial charge >= 0.3 is 0 Å². The van der Waals surface area contributed by atoms with Crippen LogP contribution in [0.5, 0.6) is 5.75 Å². The summed E-state index contributed by atoms with van der Waals surface area (Å²) >= 11 is 0. The fourth-order valence-corrected chi connectivity index (χ4v) is 7.38. The van der Waals surface area contributed by atoms with Crippen molar-refractivity contribution in [3.8, 4) is 28.1 Å². The average molecular weight is 660 g/mol. The van der Waals surface area contributed by atoms with Crippen molar-refractivity contribution in [1.82, 2.24) is 4.98 Å². The molecule has 0 radical (unpaired) electrons. The van der Waals surface area contributed by atoms with Gasteiger partial charge in [0, 0.05) is 22.9 Å². The number of hydrogen-bond donors (Lipinski definition) is 0. The number of aromatic nitrogens is 1. The lowest BCUT2D eigenvalue weighted by atomic mass is 9.94. The van der Waals surface area contributed by atoms with Crippen molar-refractivity contribution in [2.75, 3.05) is 23.2 Å². The Bertz CT molecular complexity index is 2410. The summed E-state index contributed by atoms with van der Waals surface area (Å²) in [6, 6.07) is 48.8. The molecule has 0 unspecified atom stereocenters. The Morgan fingerprint density at radius 2 is 1.14 bits per heavy atom. The van der Waals surface area contributed by atoms with Crippen molar-refractivity contribution < 1.29 is 13.2 Å². The first-order chi connectivity index (χ1) is 23.8.